The zero-order valence-electron chi connectivity index (χ0n) is 36.1. The van der Waals surface area contributed by atoms with E-state index in [2.05, 4.69) is 147 Å². The third kappa shape index (κ3) is 45.1. The number of carbonyl (C=O) groups is 2. The van der Waals surface area contributed by atoms with Crippen LogP contribution in [-0.4, -0.2) is 54.3 Å². The minimum absolute atomic E-state index is 0.0414. The Morgan fingerprint density at radius 1 is 0.525 bits per heavy atom. The van der Waals surface area contributed by atoms with Gasteiger partial charge in [0.05, 0.1) is 13.2 Å². The second kappa shape index (κ2) is 43.7. The van der Waals surface area contributed by atoms with E-state index >= 15 is 0 Å². The molecule has 0 aromatic rings. The maximum Gasteiger partial charge on any atom is 0.472 e. The van der Waals surface area contributed by atoms with Crippen molar-refractivity contribution in [3.8, 4) is 0 Å². The molecule has 0 heterocycles. The number of phosphoric acid groups is 1. The van der Waals surface area contributed by atoms with Crippen LogP contribution in [0.2, 0.25) is 0 Å². The van der Waals surface area contributed by atoms with Gasteiger partial charge in [-0.2, -0.15) is 0 Å². The van der Waals surface area contributed by atoms with Crippen LogP contribution in [0.4, 0.5) is 0 Å². The van der Waals surface area contributed by atoms with Crippen molar-refractivity contribution in [2.75, 3.05) is 26.4 Å². The van der Waals surface area contributed by atoms with Gasteiger partial charge in [-0.3, -0.25) is 18.6 Å². The van der Waals surface area contributed by atoms with Gasteiger partial charge < -0.3 is 20.1 Å². The molecule has 10 heteroatoms. The molecule has 0 saturated heterocycles. The van der Waals surface area contributed by atoms with Gasteiger partial charge in [0.25, 0.3) is 0 Å². The standard InChI is InChI=1S/C49H76NO8P/c1-3-5-7-9-11-13-15-17-19-21-22-23-24-26-27-29-31-33-35-37-39-41-48(52)50-43-44-57-59(54,55)58-46-47(51)45-56-49(53)42-40-38-36-34-32-30-28-25-20-18-16-14-12-10-8-6-4-2/h5-8,11-14,17-20,22-23,26-28,30-31,33-34,36,47,51H,3-4,9-10,15-16,21,24-25,29,32,35,37-46H2,1-2H3,(H,50,52)(H,54,55)/b7-5-,8-6-,13-11-,14-12-,19-17-,20-18-,23-22-,27-26-,30-28-,33-31-,36-34-. The number of aliphatic hydroxyl groups is 1. The highest BCUT2D eigenvalue weighted by Gasteiger charge is 2.23. The number of rotatable bonds is 38. The minimum Gasteiger partial charge on any atom is -0.463 e. The molecule has 2 unspecified atom stereocenters. The molecule has 3 N–H and O–H groups in total. The number of unbranched alkanes of at least 4 members (excludes halogenated alkanes) is 3. The summed E-state index contributed by atoms with van der Waals surface area (Å²) in [4.78, 5) is 33.9. The maximum atomic E-state index is 12.1. The molecule has 9 nitrogen and oxygen atoms in total. The molecule has 0 fully saturated rings. The Morgan fingerprint density at radius 2 is 0.915 bits per heavy atom. The highest BCUT2D eigenvalue weighted by Crippen LogP contribution is 2.42. The lowest BCUT2D eigenvalue weighted by atomic mass is 10.1. The van der Waals surface area contributed by atoms with Gasteiger partial charge in [-0.1, -0.05) is 148 Å². The van der Waals surface area contributed by atoms with Gasteiger partial charge in [0, 0.05) is 19.4 Å². The first kappa shape index (κ1) is 55.2. The summed E-state index contributed by atoms with van der Waals surface area (Å²) in [5.41, 5.74) is 0. The van der Waals surface area contributed by atoms with Crippen molar-refractivity contribution in [2.45, 2.75) is 136 Å². The van der Waals surface area contributed by atoms with Crippen LogP contribution in [0, 0.1) is 0 Å². The van der Waals surface area contributed by atoms with Crippen LogP contribution in [0.5, 0.6) is 0 Å². The average Bonchev–Trinajstić information content (AvgIpc) is 3.22. The van der Waals surface area contributed by atoms with Crippen molar-refractivity contribution in [3.05, 3.63) is 134 Å². The lowest BCUT2D eigenvalue weighted by Crippen LogP contribution is -2.27. The second-order valence-corrected chi connectivity index (χ2v) is 15.0. The summed E-state index contributed by atoms with van der Waals surface area (Å²) in [5.74, 6) is -0.635. The van der Waals surface area contributed by atoms with E-state index < -0.39 is 26.5 Å². The molecule has 0 bridgehead atoms. The molecule has 0 aliphatic rings. The summed E-state index contributed by atoms with van der Waals surface area (Å²) in [6, 6.07) is 0. The number of ether oxygens (including phenoxy) is 1. The molecular formula is C49H76NO8P. The molecule has 0 radical (unpaired) electrons. The number of amides is 1. The molecule has 2 atom stereocenters. The fourth-order valence-corrected chi connectivity index (χ4v) is 5.64. The van der Waals surface area contributed by atoms with Crippen molar-refractivity contribution in [1.29, 1.82) is 0 Å². The molecule has 0 aromatic carbocycles. The number of allylic oxidation sites excluding steroid dienone is 22. The van der Waals surface area contributed by atoms with E-state index in [9.17, 15) is 24.2 Å². The third-order valence-corrected chi connectivity index (χ3v) is 9.06. The van der Waals surface area contributed by atoms with Gasteiger partial charge in [-0.25, -0.2) is 4.57 Å². The fraction of sp³-hybridized carbons (Fsp3) is 0.510. The molecule has 330 valence electrons. The Labute approximate surface area is 357 Å². The van der Waals surface area contributed by atoms with E-state index in [0.717, 1.165) is 96.3 Å². The predicted molar refractivity (Wildman–Crippen MR) is 247 cm³/mol. The number of nitrogens with one attached hydrogen (secondary N) is 1. The summed E-state index contributed by atoms with van der Waals surface area (Å²) >= 11 is 0. The number of hydrogen-bond acceptors (Lipinski definition) is 7. The highest BCUT2D eigenvalue weighted by atomic mass is 31.2. The lowest BCUT2D eigenvalue weighted by Gasteiger charge is -2.15. The van der Waals surface area contributed by atoms with Crippen LogP contribution in [-0.2, 0) is 27.9 Å². The Morgan fingerprint density at radius 3 is 1.34 bits per heavy atom. The van der Waals surface area contributed by atoms with Crippen molar-refractivity contribution < 1.29 is 37.9 Å². The zero-order chi connectivity index (χ0) is 43.2. The summed E-state index contributed by atoms with van der Waals surface area (Å²) in [6.45, 7) is 3.16. The monoisotopic (exact) mass is 838 g/mol. The first-order chi connectivity index (χ1) is 28.8. The van der Waals surface area contributed by atoms with E-state index in [1.165, 1.54) is 0 Å². The van der Waals surface area contributed by atoms with E-state index in [-0.39, 0.29) is 32.1 Å². The SMILES string of the molecule is CC/C=C\C/C=C\C/C=C\C/C=C\C/C=C\C/C=C\CCCCC(=O)NCCOP(=O)(O)OCC(O)COC(=O)CCC/C=C\C/C=C\C/C=C\C/C=C\C/C=C\CC. The molecule has 0 saturated carbocycles. The molecule has 59 heavy (non-hydrogen) atoms. The Kier molecular flexibility index (Phi) is 40.9. The number of aliphatic hydroxyl groups excluding tert-OH is 1. The minimum atomic E-state index is -4.45. The van der Waals surface area contributed by atoms with Crippen LogP contribution in [0.3, 0.4) is 0 Å². The van der Waals surface area contributed by atoms with Crippen molar-refractivity contribution in [1.82, 2.24) is 5.32 Å². The summed E-state index contributed by atoms with van der Waals surface area (Å²) < 4.78 is 26.8. The quantitative estimate of drug-likeness (QED) is 0.0242. The van der Waals surface area contributed by atoms with Crippen LogP contribution < -0.4 is 5.32 Å². The third-order valence-electron chi connectivity index (χ3n) is 8.08. The van der Waals surface area contributed by atoms with Gasteiger partial charge in [0.1, 0.15) is 12.7 Å². The number of hydrogen-bond donors (Lipinski definition) is 3. The number of carbonyl (C=O) groups excluding carboxylic acids is 2. The van der Waals surface area contributed by atoms with E-state index in [1.807, 2.05) is 6.08 Å². The van der Waals surface area contributed by atoms with Crippen LogP contribution in [0.15, 0.2) is 134 Å². The average molecular weight is 838 g/mol. The topological polar surface area (TPSA) is 131 Å². The first-order valence-corrected chi connectivity index (χ1v) is 23.2. The summed E-state index contributed by atoms with van der Waals surface area (Å²) in [6.07, 6.45) is 61.1. The smallest absolute Gasteiger partial charge is 0.463 e. The highest BCUT2D eigenvalue weighted by molar-refractivity contribution is 7.47. The Balaban J connectivity index is 3.79. The van der Waals surface area contributed by atoms with Gasteiger partial charge in [0.15, 0.2) is 0 Å². The Bertz CT molecular complexity index is 1420. The van der Waals surface area contributed by atoms with E-state index in [0.29, 0.717) is 12.8 Å². The van der Waals surface area contributed by atoms with Crippen LogP contribution in [0.1, 0.15) is 129 Å². The largest absolute Gasteiger partial charge is 0.472 e. The normalized spacial score (nSPS) is 14.6. The van der Waals surface area contributed by atoms with Gasteiger partial charge >= 0.3 is 13.8 Å². The van der Waals surface area contributed by atoms with Gasteiger partial charge in [0.2, 0.25) is 5.91 Å². The van der Waals surface area contributed by atoms with Crippen molar-refractivity contribution in [3.63, 3.8) is 0 Å². The number of phosphoric ester groups is 1. The molecule has 0 aromatic heterocycles. The molecule has 0 spiro atoms. The predicted octanol–water partition coefficient (Wildman–Crippen LogP) is 12.3. The molecule has 0 rings (SSSR count). The van der Waals surface area contributed by atoms with E-state index in [1.54, 1.807) is 0 Å². The summed E-state index contributed by atoms with van der Waals surface area (Å²) in [5, 5.41) is 12.7. The molecule has 0 aliphatic carbocycles. The second-order valence-electron chi connectivity index (χ2n) is 13.5. The Hall–Kier alpha value is -3.85. The zero-order valence-corrected chi connectivity index (χ0v) is 37.0. The lowest BCUT2D eigenvalue weighted by molar-refractivity contribution is -0.147. The van der Waals surface area contributed by atoms with Crippen LogP contribution >= 0.6 is 7.82 Å². The first-order valence-electron chi connectivity index (χ1n) is 21.7. The van der Waals surface area contributed by atoms with Gasteiger partial charge in [-0.05, 0) is 103 Å². The van der Waals surface area contributed by atoms with Crippen molar-refractivity contribution in [2.24, 2.45) is 0 Å². The molecule has 0 aliphatic heterocycles. The maximum absolute atomic E-state index is 12.1. The molecule has 1 amide bonds. The van der Waals surface area contributed by atoms with Gasteiger partial charge in [-0.15, -0.1) is 0 Å². The van der Waals surface area contributed by atoms with Crippen LogP contribution in [0.25, 0.3) is 0 Å². The summed E-state index contributed by atoms with van der Waals surface area (Å²) in [7, 11) is -4.45. The van der Waals surface area contributed by atoms with E-state index in [4.69, 9.17) is 13.8 Å². The van der Waals surface area contributed by atoms with Crippen molar-refractivity contribution >= 4 is 19.7 Å². The fourth-order valence-electron chi connectivity index (χ4n) is 4.89. The number of esters is 1. The molecular weight excluding hydrogens is 762 g/mol.